The van der Waals surface area contributed by atoms with Crippen molar-refractivity contribution in [1.82, 2.24) is 5.32 Å². The van der Waals surface area contributed by atoms with Crippen LogP contribution in [0, 0.1) is 0 Å². The standard InChI is InChI=1S/C13H19NO2/c1-2-13(6-3-7-13)14-9-10-4-5-11(15)12(16)8-10/h4-5,8,14-16H,2-3,6-7,9H2,1H3. The van der Waals surface area contributed by atoms with Gasteiger partial charge in [-0.15, -0.1) is 0 Å². The van der Waals surface area contributed by atoms with Crippen molar-refractivity contribution in [3.63, 3.8) is 0 Å². The fourth-order valence-corrected chi connectivity index (χ4v) is 2.23. The molecule has 1 aromatic rings. The molecule has 0 spiro atoms. The summed E-state index contributed by atoms with van der Waals surface area (Å²) in [5.41, 5.74) is 1.32. The van der Waals surface area contributed by atoms with E-state index in [9.17, 15) is 10.2 Å². The lowest BCUT2D eigenvalue weighted by molar-refractivity contribution is 0.175. The molecule has 88 valence electrons. The monoisotopic (exact) mass is 221 g/mol. The molecular weight excluding hydrogens is 202 g/mol. The number of benzene rings is 1. The second-order valence-corrected chi connectivity index (χ2v) is 4.66. The molecule has 1 fully saturated rings. The van der Waals surface area contributed by atoms with Crippen molar-refractivity contribution < 1.29 is 10.2 Å². The molecule has 3 N–H and O–H groups in total. The van der Waals surface area contributed by atoms with E-state index in [4.69, 9.17) is 0 Å². The second kappa shape index (κ2) is 4.34. The van der Waals surface area contributed by atoms with Crippen molar-refractivity contribution in [2.75, 3.05) is 0 Å². The summed E-state index contributed by atoms with van der Waals surface area (Å²) >= 11 is 0. The molecule has 0 radical (unpaired) electrons. The van der Waals surface area contributed by atoms with Crippen molar-refractivity contribution in [1.29, 1.82) is 0 Å². The summed E-state index contributed by atoms with van der Waals surface area (Å²) in [6.45, 7) is 2.96. The van der Waals surface area contributed by atoms with E-state index in [1.54, 1.807) is 6.07 Å². The molecule has 0 unspecified atom stereocenters. The van der Waals surface area contributed by atoms with Crippen LogP contribution in [0.2, 0.25) is 0 Å². The number of rotatable bonds is 4. The van der Waals surface area contributed by atoms with Gasteiger partial charge in [0.2, 0.25) is 0 Å². The fraction of sp³-hybridized carbons (Fsp3) is 0.538. The lowest BCUT2D eigenvalue weighted by Gasteiger charge is -2.42. The number of hydrogen-bond acceptors (Lipinski definition) is 3. The molecule has 1 aromatic carbocycles. The van der Waals surface area contributed by atoms with Gasteiger partial charge in [-0.05, 0) is 43.4 Å². The van der Waals surface area contributed by atoms with Crippen molar-refractivity contribution in [2.24, 2.45) is 0 Å². The van der Waals surface area contributed by atoms with Gasteiger partial charge in [0.1, 0.15) is 0 Å². The summed E-state index contributed by atoms with van der Waals surface area (Å²) in [7, 11) is 0. The maximum Gasteiger partial charge on any atom is 0.157 e. The molecule has 1 aliphatic rings. The van der Waals surface area contributed by atoms with Crippen LogP contribution < -0.4 is 5.32 Å². The predicted octanol–water partition coefficient (Wildman–Crippen LogP) is 2.52. The van der Waals surface area contributed by atoms with Gasteiger partial charge in [-0.1, -0.05) is 13.0 Å². The van der Waals surface area contributed by atoms with E-state index < -0.39 is 0 Å². The summed E-state index contributed by atoms with van der Waals surface area (Å²) < 4.78 is 0. The van der Waals surface area contributed by atoms with Crippen LogP contribution in [-0.2, 0) is 6.54 Å². The van der Waals surface area contributed by atoms with Crippen LogP contribution in [0.1, 0.15) is 38.2 Å². The summed E-state index contributed by atoms with van der Waals surface area (Å²) in [5, 5.41) is 22.1. The van der Waals surface area contributed by atoms with Gasteiger partial charge in [0.15, 0.2) is 11.5 Å². The highest BCUT2D eigenvalue weighted by atomic mass is 16.3. The zero-order chi connectivity index (χ0) is 11.6. The van der Waals surface area contributed by atoms with Gasteiger partial charge in [0, 0.05) is 12.1 Å². The molecule has 1 saturated carbocycles. The Hall–Kier alpha value is -1.22. The van der Waals surface area contributed by atoms with E-state index in [1.807, 2.05) is 6.07 Å². The van der Waals surface area contributed by atoms with Gasteiger partial charge in [-0.25, -0.2) is 0 Å². The zero-order valence-corrected chi connectivity index (χ0v) is 9.66. The Bertz CT molecular complexity index is 367. The number of aromatic hydroxyl groups is 2. The second-order valence-electron chi connectivity index (χ2n) is 4.66. The number of phenolic OH excluding ortho intramolecular Hbond substituents is 2. The first-order valence-corrected chi connectivity index (χ1v) is 5.91. The van der Waals surface area contributed by atoms with Gasteiger partial charge in [0.05, 0.1) is 0 Å². The lowest BCUT2D eigenvalue weighted by atomic mass is 9.75. The van der Waals surface area contributed by atoms with Crippen LogP contribution in [0.3, 0.4) is 0 Å². The van der Waals surface area contributed by atoms with Gasteiger partial charge in [-0.3, -0.25) is 0 Å². The molecule has 0 bridgehead atoms. The quantitative estimate of drug-likeness (QED) is 0.685. The molecule has 0 amide bonds. The third kappa shape index (κ3) is 2.14. The third-order valence-corrected chi connectivity index (χ3v) is 3.69. The number of hydrogen-bond donors (Lipinski definition) is 3. The number of phenols is 2. The normalized spacial score (nSPS) is 18.1. The topological polar surface area (TPSA) is 52.5 Å². The lowest BCUT2D eigenvalue weighted by Crippen LogP contribution is -2.49. The van der Waals surface area contributed by atoms with E-state index in [1.165, 1.54) is 25.3 Å². The van der Waals surface area contributed by atoms with Crippen LogP contribution in [0.25, 0.3) is 0 Å². The predicted molar refractivity (Wildman–Crippen MR) is 63.5 cm³/mol. The minimum Gasteiger partial charge on any atom is -0.504 e. The maximum atomic E-state index is 9.38. The minimum atomic E-state index is -0.0578. The van der Waals surface area contributed by atoms with Crippen LogP contribution >= 0.6 is 0 Å². The average molecular weight is 221 g/mol. The third-order valence-electron chi connectivity index (χ3n) is 3.69. The van der Waals surface area contributed by atoms with Crippen molar-refractivity contribution in [3.05, 3.63) is 23.8 Å². The maximum absolute atomic E-state index is 9.38. The minimum absolute atomic E-state index is 0.0431. The van der Waals surface area contributed by atoms with Gasteiger partial charge >= 0.3 is 0 Å². The summed E-state index contributed by atoms with van der Waals surface area (Å²) in [5.74, 6) is -0.101. The Morgan fingerprint density at radius 2 is 2.00 bits per heavy atom. The Morgan fingerprint density at radius 1 is 1.25 bits per heavy atom. The Kier molecular flexibility index (Phi) is 3.06. The highest BCUT2D eigenvalue weighted by molar-refractivity contribution is 5.40. The first kappa shape index (κ1) is 11.3. The summed E-state index contributed by atoms with van der Waals surface area (Å²) in [6.07, 6.45) is 4.94. The van der Waals surface area contributed by atoms with Crippen LogP contribution in [0.5, 0.6) is 11.5 Å². The summed E-state index contributed by atoms with van der Waals surface area (Å²) in [4.78, 5) is 0. The molecule has 0 aliphatic heterocycles. The molecule has 1 aliphatic carbocycles. The molecule has 16 heavy (non-hydrogen) atoms. The van der Waals surface area contributed by atoms with Crippen molar-refractivity contribution >= 4 is 0 Å². The molecule has 0 aromatic heterocycles. The Balaban J connectivity index is 1.96. The molecule has 3 nitrogen and oxygen atoms in total. The first-order chi connectivity index (χ1) is 7.65. The van der Waals surface area contributed by atoms with Gasteiger partial charge in [-0.2, -0.15) is 0 Å². The van der Waals surface area contributed by atoms with E-state index in [2.05, 4.69) is 12.2 Å². The van der Waals surface area contributed by atoms with Crippen LogP contribution in [-0.4, -0.2) is 15.8 Å². The molecule has 2 rings (SSSR count). The first-order valence-electron chi connectivity index (χ1n) is 5.91. The smallest absolute Gasteiger partial charge is 0.157 e. The molecule has 0 atom stereocenters. The molecule has 0 saturated heterocycles. The Morgan fingerprint density at radius 3 is 2.50 bits per heavy atom. The van der Waals surface area contributed by atoms with Crippen molar-refractivity contribution in [2.45, 2.75) is 44.7 Å². The van der Waals surface area contributed by atoms with Gasteiger partial charge < -0.3 is 15.5 Å². The molecule has 3 heteroatoms. The highest BCUT2D eigenvalue weighted by Gasteiger charge is 2.34. The van der Waals surface area contributed by atoms with E-state index >= 15 is 0 Å². The SMILES string of the molecule is CCC1(NCc2ccc(O)c(O)c2)CCC1. The fourth-order valence-electron chi connectivity index (χ4n) is 2.23. The zero-order valence-electron chi connectivity index (χ0n) is 9.66. The van der Waals surface area contributed by atoms with Crippen LogP contribution in [0.15, 0.2) is 18.2 Å². The number of nitrogens with one attached hydrogen (secondary N) is 1. The summed E-state index contributed by atoms with van der Waals surface area (Å²) in [6, 6.07) is 4.99. The largest absolute Gasteiger partial charge is 0.504 e. The average Bonchev–Trinajstić information content (AvgIpc) is 2.22. The van der Waals surface area contributed by atoms with E-state index in [0.29, 0.717) is 5.54 Å². The van der Waals surface area contributed by atoms with Crippen molar-refractivity contribution in [3.8, 4) is 11.5 Å². The Labute approximate surface area is 96.1 Å². The van der Waals surface area contributed by atoms with E-state index in [0.717, 1.165) is 18.5 Å². The van der Waals surface area contributed by atoms with Crippen LogP contribution in [0.4, 0.5) is 0 Å². The van der Waals surface area contributed by atoms with E-state index in [-0.39, 0.29) is 11.5 Å². The molecular formula is C13H19NO2. The van der Waals surface area contributed by atoms with Gasteiger partial charge in [0.25, 0.3) is 0 Å². The molecule has 0 heterocycles. The highest BCUT2D eigenvalue weighted by Crippen LogP contribution is 2.35.